The molecule has 7 heteroatoms. The van der Waals surface area contributed by atoms with Gasteiger partial charge in [0.15, 0.2) is 5.69 Å². The quantitative estimate of drug-likeness (QED) is 0.690. The Balaban J connectivity index is 2.55. The van der Waals surface area contributed by atoms with Gasteiger partial charge in [-0.25, -0.2) is 14.8 Å². The number of carbonyl (C=O) groups is 1. The van der Waals surface area contributed by atoms with Crippen molar-refractivity contribution in [3.8, 4) is 0 Å². The number of aromatic carboxylic acids is 1. The molecule has 94 valence electrons. The minimum Gasteiger partial charge on any atom is -0.476 e. The Morgan fingerprint density at radius 1 is 1.53 bits per heavy atom. The van der Waals surface area contributed by atoms with Gasteiger partial charge in [-0.3, -0.25) is 0 Å². The Bertz CT molecular complexity index is 381. The summed E-state index contributed by atoms with van der Waals surface area (Å²) in [5.41, 5.74) is -0.946. The normalized spacial score (nSPS) is 14.1. The molecule has 17 heavy (non-hydrogen) atoms. The van der Waals surface area contributed by atoms with Crippen LogP contribution in [0, 0.1) is 0 Å². The smallest absolute Gasteiger partial charge is 0.356 e. The number of aromatic nitrogens is 2. The van der Waals surface area contributed by atoms with Gasteiger partial charge in [0.05, 0.1) is 18.0 Å². The van der Waals surface area contributed by atoms with Crippen LogP contribution in [0.15, 0.2) is 12.4 Å². The highest BCUT2D eigenvalue weighted by atomic mass is 32.2. The molecule has 0 saturated carbocycles. The largest absolute Gasteiger partial charge is 0.476 e. The van der Waals surface area contributed by atoms with Gasteiger partial charge in [0.2, 0.25) is 0 Å². The van der Waals surface area contributed by atoms with Crippen molar-refractivity contribution in [2.24, 2.45) is 0 Å². The van der Waals surface area contributed by atoms with E-state index in [-0.39, 0.29) is 5.69 Å². The first kappa shape index (κ1) is 13.7. The molecule has 0 amide bonds. The van der Waals surface area contributed by atoms with Crippen LogP contribution in [0.5, 0.6) is 0 Å². The van der Waals surface area contributed by atoms with Crippen LogP contribution in [-0.4, -0.2) is 50.3 Å². The number of anilines is 1. The number of nitrogens with one attached hydrogen (secondary N) is 1. The summed E-state index contributed by atoms with van der Waals surface area (Å²) in [4.78, 5) is 18.2. The van der Waals surface area contributed by atoms with E-state index in [1.54, 1.807) is 18.7 Å². The lowest BCUT2D eigenvalue weighted by atomic mass is 10.1. The molecule has 0 radical (unpaired) electrons. The van der Waals surface area contributed by atoms with E-state index >= 15 is 0 Å². The first-order valence-corrected chi connectivity index (χ1v) is 6.34. The van der Waals surface area contributed by atoms with E-state index in [1.807, 2.05) is 6.26 Å². The van der Waals surface area contributed by atoms with Gasteiger partial charge < -0.3 is 15.5 Å². The van der Waals surface area contributed by atoms with Crippen molar-refractivity contribution < 1.29 is 15.0 Å². The first-order valence-electron chi connectivity index (χ1n) is 4.95. The molecule has 0 aliphatic rings. The van der Waals surface area contributed by atoms with E-state index < -0.39 is 11.6 Å². The molecule has 0 fully saturated rings. The number of carboxylic acid groups (broad SMARTS) is 1. The lowest BCUT2D eigenvalue weighted by molar-refractivity contribution is 0.0689. The van der Waals surface area contributed by atoms with Crippen molar-refractivity contribution in [3.05, 3.63) is 18.1 Å². The summed E-state index contributed by atoms with van der Waals surface area (Å²) in [6, 6.07) is 0. The van der Waals surface area contributed by atoms with E-state index in [2.05, 4.69) is 15.3 Å². The number of hydrogen-bond donors (Lipinski definition) is 3. The van der Waals surface area contributed by atoms with E-state index in [9.17, 15) is 9.90 Å². The third-order valence-electron chi connectivity index (χ3n) is 1.98. The third-order valence-corrected chi connectivity index (χ3v) is 2.89. The van der Waals surface area contributed by atoms with Gasteiger partial charge in [-0.2, -0.15) is 11.8 Å². The number of nitrogens with zero attached hydrogens (tertiary/aromatic N) is 2. The second kappa shape index (κ2) is 5.83. The molecular formula is C10H15N3O3S. The molecule has 1 rings (SSSR count). The standard InChI is InChI=1S/C10H15N3O3S/c1-10(16,6-17-2)5-13-8-4-11-7(3-12-8)9(14)15/h3-4,16H,5-6H2,1-2H3,(H,12,13)(H,14,15). The Labute approximate surface area is 103 Å². The molecule has 1 atom stereocenters. The Morgan fingerprint density at radius 2 is 2.24 bits per heavy atom. The highest BCUT2D eigenvalue weighted by Crippen LogP contribution is 2.11. The summed E-state index contributed by atoms with van der Waals surface area (Å²) >= 11 is 1.55. The molecule has 6 nitrogen and oxygen atoms in total. The molecule has 1 aromatic rings. The maximum absolute atomic E-state index is 10.5. The van der Waals surface area contributed by atoms with E-state index in [1.165, 1.54) is 12.4 Å². The Hall–Kier alpha value is -1.34. The van der Waals surface area contributed by atoms with Crippen LogP contribution in [0.25, 0.3) is 0 Å². The van der Waals surface area contributed by atoms with Crippen LogP contribution >= 0.6 is 11.8 Å². The average molecular weight is 257 g/mol. The van der Waals surface area contributed by atoms with Crippen LogP contribution in [0.2, 0.25) is 0 Å². The number of carboxylic acids is 1. The fraction of sp³-hybridized carbons (Fsp3) is 0.500. The van der Waals surface area contributed by atoms with Crippen molar-refractivity contribution >= 4 is 23.5 Å². The molecule has 0 aromatic carbocycles. The van der Waals surface area contributed by atoms with Crippen LogP contribution in [-0.2, 0) is 0 Å². The van der Waals surface area contributed by atoms with Crippen LogP contribution in [0.4, 0.5) is 5.82 Å². The molecule has 0 aliphatic heterocycles. The summed E-state index contributed by atoms with van der Waals surface area (Å²) < 4.78 is 0. The van der Waals surface area contributed by atoms with Gasteiger partial charge in [-0.1, -0.05) is 0 Å². The van der Waals surface area contributed by atoms with Gasteiger partial charge in [-0.15, -0.1) is 0 Å². The zero-order valence-electron chi connectivity index (χ0n) is 9.67. The molecule has 0 bridgehead atoms. The van der Waals surface area contributed by atoms with Gasteiger partial charge >= 0.3 is 5.97 Å². The summed E-state index contributed by atoms with van der Waals surface area (Å²) in [6.45, 7) is 2.05. The second-order valence-corrected chi connectivity index (χ2v) is 4.74. The van der Waals surface area contributed by atoms with Crippen LogP contribution < -0.4 is 5.32 Å². The van der Waals surface area contributed by atoms with E-state index in [0.29, 0.717) is 18.1 Å². The lowest BCUT2D eigenvalue weighted by Crippen LogP contribution is -2.36. The fourth-order valence-electron chi connectivity index (χ4n) is 1.17. The van der Waals surface area contributed by atoms with E-state index in [4.69, 9.17) is 5.11 Å². The number of thioether (sulfide) groups is 1. The molecular weight excluding hydrogens is 242 g/mol. The lowest BCUT2D eigenvalue weighted by Gasteiger charge is -2.22. The van der Waals surface area contributed by atoms with Gasteiger partial charge in [0, 0.05) is 12.3 Å². The molecule has 1 heterocycles. The topological polar surface area (TPSA) is 95.3 Å². The highest BCUT2D eigenvalue weighted by molar-refractivity contribution is 7.98. The maximum Gasteiger partial charge on any atom is 0.356 e. The highest BCUT2D eigenvalue weighted by Gasteiger charge is 2.19. The first-order chi connectivity index (χ1) is 7.94. The zero-order valence-corrected chi connectivity index (χ0v) is 10.5. The zero-order chi connectivity index (χ0) is 12.9. The van der Waals surface area contributed by atoms with Crippen molar-refractivity contribution in [2.45, 2.75) is 12.5 Å². The van der Waals surface area contributed by atoms with Crippen molar-refractivity contribution in [2.75, 3.05) is 23.9 Å². The summed E-state index contributed by atoms with van der Waals surface area (Å²) in [5, 5.41) is 21.4. The molecule has 1 aromatic heterocycles. The monoisotopic (exact) mass is 257 g/mol. The predicted octanol–water partition coefficient (Wildman–Crippen LogP) is 0.701. The fourth-order valence-corrected chi connectivity index (χ4v) is 1.90. The van der Waals surface area contributed by atoms with Crippen molar-refractivity contribution in [1.29, 1.82) is 0 Å². The Morgan fingerprint density at radius 3 is 2.71 bits per heavy atom. The van der Waals surface area contributed by atoms with Crippen LogP contribution in [0.3, 0.4) is 0 Å². The molecule has 0 aliphatic carbocycles. The summed E-state index contributed by atoms with van der Waals surface area (Å²) in [5.74, 6) is -0.0736. The maximum atomic E-state index is 10.5. The SMILES string of the molecule is CSCC(C)(O)CNc1cnc(C(=O)O)cn1. The predicted molar refractivity (Wildman–Crippen MR) is 66.5 cm³/mol. The van der Waals surface area contributed by atoms with Crippen molar-refractivity contribution in [3.63, 3.8) is 0 Å². The number of aliphatic hydroxyl groups is 1. The van der Waals surface area contributed by atoms with Gasteiger partial charge in [0.25, 0.3) is 0 Å². The molecule has 3 N–H and O–H groups in total. The Kier molecular flexibility index (Phi) is 4.71. The number of rotatable bonds is 6. The molecule has 1 unspecified atom stereocenters. The van der Waals surface area contributed by atoms with Crippen LogP contribution in [0.1, 0.15) is 17.4 Å². The number of hydrogen-bond acceptors (Lipinski definition) is 6. The second-order valence-electron chi connectivity index (χ2n) is 3.88. The minimum absolute atomic E-state index is 0.105. The molecule has 0 saturated heterocycles. The van der Waals surface area contributed by atoms with Gasteiger partial charge in [-0.05, 0) is 13.2 Å². The molecule has 0 spiro atoms. The average Bonchev–Trinajstić information content (AvgIpc) is 2.27. The third kappa shape index (κ3) is 4.58. The van der Waals surface area contributed by atoms with Crippen molar-refractivity contribution in [1.82, 2.24) is 9.97 Å². The van der Waals surface area contributed by atoms with Gasteiger partial charge in [0.1, 0.15) is 5.82 Å². The summed E-state index contributed by atoms with van der Waals surface area (Å²) in [6.07, 6.45) is 4.42. The minimum atomic E-state index is -1.11. The van der Waals surface area contributed by atoms with E-state index in [0.717, 1.165) is 0 Å². The summed E-state index contributed by atoms with van der Waals surface area (Å²) in [7, 11) is 0.